The van der Waals surface area contributed by atoms with Crippen LogP contribution in [0, 0.1) is 11.3 Å². The first-order valence-corrected chi connectivity index (χ1v) is 8.67. The molecule has 0 spiro atoms. The number of anilines is 1. The minimum atomic E-state index is -4.76. The molecule has 6 nitrogen and oxygen atoms in total. The summed E-state index contributed by atoms with van der Waals surface area (Å²) in [4.78, 5) is 1.48. The van der Waals surface area contributed by atoms with E-state index in [1.807, 2.05) is 6.07 Å². The second-order valence-electron chi connectivity index (χ2n) is 5.38. The van der Waals surface area contributed by atoms with Gasteiger partial charge in [0.2, 0.25) is 10.0 Å². The molecule has 0 atom stereocenters. The number of hydrogen-bond donors (Lipinski definition) is 1. The van der Waals surface area contributed by atoms with Gasteiger partial charge in [-0.3, -0.25) is 0 Å². The first-order chi connectivity index (χ1) is 12.0. The Balaban J connectivity index is 2.20. The lowest BCUT2D eigenvalue weighted by atomic mass is 10.1. The Labute approximate surface area is 148 Å². The van der Waals surface area contributed by atoms with Gasteiger partial charge in [0, 0.05) is 13.6 Å². The van der Waals surface area contributed by atoms with E-state index >= 15 is 0 Å². The Kier molecular flexibility index (Phi) is 5.44. The van der Waals surface area contributed by atoms with E-state index in [4.69, 9.17) is 5.14 Å². The molecule has 2 rings (SSSR count). The fraction of sp³-hybridized carbons (Fsp3) is 0.188. The Morgan fingerprint density at radius 3 is 2.31 bits per heavy atom. The molecule has 0 aromatic heterocycles. The molecule has 138 valence electrons. The number of primary sulfonamides is 1. The van der Waals surface area contributed by atoms with Gasteiger partial charge < -0.3 is 9.64 Å². The summed E-state index contributed by atoms with van der Waals surface area (Å²) >= 11 is 0. The van der Waals surface area contributed by atoms with Crippen LogP contribution in [0.25, 0.3) is 0 Å². The zero-order chi connectivity index (χ0) is 19.5. The lowest BCUT2D eigenvalue weighted by Gasteiger charge is -2.21. The summed E-state index contributed by atoms with van der Waals surface area (Å²) in [6, 6.07) is 11.1. The molecule has 0 fully saturated rings. The van der Waals surface area contributed by atoms with Crippen LogP contribution in [0.5, 0.6) is 5.75 Å². The van der Waals surface area contributed by atoms with Crippen LogP contribution in [0.2, 0.25) is 0 Å². The van der Waals surface area contributed by atoms with Gasteiger partial charge in [-0.1, -0.05) is 12.1 Å². The highest BCUT2D eigenvalue weighted by Crippen LogP contribution is 2.26. The molecule has 2 aromatic rings. The van der Waals surface area contributed by atoms with Crippen molar-refractivity contribution in [1.82, 2.24) is 0 Å². The zero-order valence-electron chi connectivity index (χ0n) is 13.5. The molecule has 0 saturated carbocycles. The van der Waals surface area contributed by atoms with Crippen molar-refractivity contribution in [2.24, 2.45) is 5.14 Å². The number of rotatable bonds is 5. The fourth-order valence-corrected chi connectivity index (χ4v) is 2.81. The summed E-state index contributed by atoms with van der Waals surface area (Å²) < 4.78 is 63.0. The van der Waals surface area contributed by atoms with E-state index in [9.17, 15) is 26.9 Å². The maximum absolute atomic E-state index is 12.2. The van der Waals surface area contributed by atoms with Crippen LogP contribution in [0.15, 0.2) is 47.4 Å². The third-order valence-electron chi connectivity index (χ3n) is 3.40. The zero-order valence-corrected chi connectivity index (χ0v) is 14.3. The number of sulfonamides is 1. The molecule has 0 unspecified atom stereocenters. The number of hydrogen-bond acceptors (Lipinski definition) is 5. The minimum Gasteiger partial charge on any atom is -0.406 e. The van der Waals surface area contributed by atoms with Gasteiger partial charge >= 0.3 is 6.36 Å². The van der Waals surface area contributed by atoms with Crippen LogP contribution in [0.1, 0.15) is 11.1 Å². The molecule has 0 bridgehead atoms. The smallest absolute Gasteiger partial charge is 0.406 e. The highest BCUT2D eigenvalue weighted by Gasteiger charge is 2.30. The van der Waals surface area contributed by atoms with Crippen molar-refractivity contribution in [3.8, 4) is 11.8 Å². The maximum atomic E-state index is 12.2. The molecule has 0 amide bonds. The van der Waals surface area contributed by atoms with Gasteiger partial charge in [-0.15, -0.1) is 13.2 Å². The number of ether oxygens (including phenoxy) is 1. The quantitative estimate of drug-likeness (QED) is 0.854. The van der Waals surface area contributed by atoms with Crippen LogP contribution in [-0.4, -0.2) is 21.8 Å². The molecule has 0 aliphatic heterocycles. The lowest BCUT2D eigenvalue weighted by Crippen LogP contribution is -2.19. The van der Waals surface area contributed by atoms with Gasteiger partial charge in [0.1, 0.15) is 11.8 Å². The molecule has 0 saturated heterocycles. The third-order valence-corrected chi connectivity index (χ3v) is 4.32. The van der Waals surface area contributed by atoms with E-state index in [0.29, 0.717) is 11.3 Å². The summed E-state index contributed by atoms with van der Waals surface area (Å²) in [7, 11) is -2.27. The lowest BCUT2D eigenvalue weighted by molar-refractivity contribution is -0.274. The third kappa shape index (κ3) is 5.11. The van der Waals surface area contributed by atoms with Gasteiger partial charge in [0.25, 0.3) is 0 Å². The molecule has 0 radical (unpaired) electrons. The molecular formula is C16H14F3N3O3S. The highest BCUT2D eigenvalue weighted by atomic mass is 32.2. The van der Waals surface area contributed by atoms with Crippen molar-refractivity contribution in [1.29, 1.82) is 5.26 Å². The fourth-order valence-electron chi connectivity index (χ4n) is 2.27. The first-order valence-electron chi connectivity index (χ1n) is 7.12. The van der Waals surface area contributed by atoms with E-state index in [1.54, 1.807) is 11.9 Å². The van der Waals surface area contributed by atoms with Gasteiger partial charge in [0.15, 0.2) is 0 Å². The van der Waals surface area contributed by atoms with Gasteiger partial charge in [-0.05, 0) is 35.9 Å². The first kappa shape index (κ1) is 19.6. The van der Waals surface area contributed by atoms with E-state index in [1.165, 1.54) is 42.5 Å². The van der Waals surface area contributed by atoms with Crippen molar-refractivity contribution in [3.63, 3.8) is 0 Å². The minimum absolute atomic E-state index is 0.107. The average Bonchev–Trinajstić information content (AvgIpc) is 2.53. The number of alkyl halides is 3. The molecule has 26 heavy (non-hydrogen) atoms. The Morgan fingerprint density at radius 2 is 1.81 bits per heavy atom. The van der Waals surface area contributed by atoms with Crippen molar-refractivity contribution < 1.29 is 26.3 Å². The molecule has 2 N–H and O–H groups in total. The Hall–Kier alpha value is -2.77. The predicted octanol–water partition coefficient (Wildman–Crippen LogP) is 2.74. The standard InChI is InChI=1S/C16H14F3N3O3S/c1-22(10-11-2-4-13(5-3-11)25-16(17,18)19)15-7-6-14(26(21,23)24)8-12(15)9-20/h2-8H,10H2,1H3,(H2,21,23,24). The van der Waals surface area contributed by atoms with Crippen molar-refractivity contribution in [2.75, 3.05) is 11.9 Å². The number of halogens is 3. The molecule has 10 heteroatoms. The predicted molar refractivity (Wildman–Crippen MR) is 87.8 cm³/mol. The van der Waals surface area contributed by atoms with Crippen LogP contribution < -0.4 is 14.8 Å². The van der Waals surface area contributed by atoms with Gasteiger partial charge in [-0.25, -0.2) is 13.6 Å². The molecule has 0 aliphatic carbocycles. The van der Waals surface area contributed by atoms with Crippen molar-refractivity contribution in [2.45, 2.75) is 17.8 Å². The summed E-state index contributed by atoms with van der Waals surface area (Å²) in [5, 5.41) is 14.3. The number of nitrogens with two attached hydrogens (primary N) is 1. The Bertz CT molecular complexity index is 936. The normalized spacial score (nSPS) is 11.7. The molecule has 0 heterocycles. The SMILES string of the molecule is CN(Cc1ccc(OC(F)(F)F)cc1)c1ccc(S(N)(=O)=O)cc1C#N. The molecule has 0 aliphatic rings. The summed E-state index contributed by atoms with van der Waals surface area (Å²) in [5.74, 6) is -0.334. The molecule has 2 aromatic carbocycles. The van der Waals surface area contributed by atoms with E-state index in [2.05, 4.69) is 4.74 Å². The molecular weight excluding hydrogens is 371 g/mol. The van der Waals surface area contributed by atoms with Gasteiger partial charge in [0.05, 0.1) is 16.1 Å². The average molecular weight is 385 g/mol. The van der Waals surface area contributed by atoms with Crippen LogP contribution in [0.3, 0.4) is 0 Å². The second kappa shape index (κ2) is 7.23. The number of nitriles is 1. The second-order valence-corrected chi connectivity index (χ2v) is 6.95. The van der Waals surface area contributed by atoms with Crippen LogP contribution >= 0.6 is 0 Å². The number of benzene rings is 2. The Morgan fingerprint density at radius 1 is 1.19 bits per heavy atom. The maximum Gasteiger partial charge on any atom is 0.573 e. The largest absolute Gasteiger partial charge is 0.573 e. The highest BCUT2D eigenvalue weighted by molar-refractivity contribution is 7.89. The van der Waals surface area contributed by atoms with Gasteiger partial charge in [-0.2, -0.15) is 5.26 Å². The van der Waals surface area contributed by atoms with Crippen LogP contribution in [-0.2, 0) is 16.6 Å². The monoisotopic (exact) mass is 385 g/mol. The topological polar surface area (TPSA) is 96.4 Å². The number of nitrogens with zero attached hydrogens (tertiary/aromatic N) is 2. The van der Waals surface area contributed by atoms with Crippen molar-refractivity contribution >= 4 is 15.7 Å². The van der Waals surface area contributed by atoms with E-state index < -0.39 is 16.4 Å². The van der Waals surface area contributed by atoms with Crippen LogP contribution in [0.4, 0.5) is 18.9 Å². The summed E-state index contributed by atoms with van der Waals surface area (Å²) in [6.45, 7) is 0.274. The van der Waals surface area contributed by atoms with E-state index in [-0.39, 0.29) is 22.8 Å². The van der Waals surface area contributed by atoms with E-state index in [0.717, 1.165) is 0 Å². The summed E-state index contributed by atoms with van der Waals surface area (Å²) in [6.07, 6.45) is -4.76. The summed E-state index contributed by atoms with van der Waals surface area (Å²) in [5.41, 5.74) is 1.23. The van der Waals surface area contributed by atoms with Crippen molar-refractivity contribution in [3.05, 3.63) is 53.6 Å².